The van der Waals surface area contributed by atoms with Crippen LogP contribution in [0.15, 0.2) is 24.3 Å². The predicted octanol–water partition coefficient (Wildman–Crippen LogP) is 4.17. The Morgan fingerprint density at radius 2 is 1.75 bits per heavy atom. The van der Waals surface area contributed by atoms with Gasteiger partial charge in [-0.1, -0.05) is 23.2 Å². The van der Waals surface area contributed by atoms with E-state index in [1.807, 2.05) is 6.92 Å². The van der Waals surface area contributed by atoms with Crippen LogP contribution in [0.5, 0.6) is 0 Å². The van der Waals surface area contributed by atoms with Crippen LogP contribution in [0.3, 0.4) is 0 Å². The van der Waals surface area contributed by atoms with Crippen LogP contribution in [0.1, 0.15) is 11.3 Å². The van der Waals surface area contributed by atoms with Gasteiger partial charge in [0.1, 0.15) is 6.07 Å². The number of aryl methyl sites for hydroxylation is 1. The van der Waals surface area contributed by atoms with Gasteiger partial charge in [-0.2, -0.15) is 5.26 Å². The second-order valence-electron chi connectivity index (χ2n) is 3.51. The number of hydrogen-bond donors (Lipinski definition) is 1. The normalized spacial score (nSPS) is 10.1. The quantitative estimate of drug-likeness (QED) is 0.811. The Morgan fingerprint density at radius 1 is 1.12 bits per heavy atom. The smallest absolute Gasteiger partial charge is 0.101 e. The number of benzene rings is 1. The fraction of sp³-hybridized carbons (Fsp3) is 0.0833. The molecule has 0 atom stereocenters. The maximum Gasteiger partial charge on any atom is 0.101 e. The predicted molar refractivity (Wildman–Crippen MR) is 65.7 cm³/mol. The number of hydrogen-bond acceptors (Lipinski definition) is 1. The number of nitriles is 1. The molecule has 2 rings (SSSR count). The van der Waals surface area contributed by atoms with Crippen molar-refractivity contribution < 1.29 is 0 Å². The average Bonchev–Trinajstić information content (AvgIpc) is 2.58. The summed E-state index contributed by atoms with van der Waals surface area (Å²) in [7, 11) is 0. The third-order valence-corrected chi connectivity index (χ3v) is 2.66. The number of nitrogens with zero attached hydrogens (tertiary/aromatic N) is 1. The Morgan fingerprint density at radius 3 is 2.31 bits per heavy atom. The Kier molecular flexibility index (Phi) is 2.91. The molecule has 0 bridgehead atoms. The molecule has 1 heterocycles. The van der Waals surface area contributed by atoms with Gasteiger partial charge in [0.15, 0.2) is 0 Å². The molecule has 0 saturated carbocycles. The van der Waals surface area contributed by atoms with E-state index in [2.05, 4.69) is 11.1 Å². The number of H-pyrrole nitrogens is 1. The summed E-state index contributed by atoms with van der Waals surface area (Å²) in [6, 6.07) is 9.15. The second-order valence-corrected chi connectivity index (χ2v) is 4.38. The van der Waals surface area contributed by atoms with Crippen LogP contribution in [0.4, 0.5) is 0 Å². The lowest BCUT2D eigenvalue weighted by molar-refractivity contribution is 1.27. The molecule has 16 heavy (non-hydrogen) atoms. The van der Waals surface area contributed by atoms with Gasteiger partial charge in [-0.3, -0.25) is 0 Å². The van der Waals surface area contributed by atoms with Gasteiger partial charge in [0.25, 0.3) is 0 Å². The van der Waals surface area contributed by atoms with E-state index < -0.39 is 0 Å². The molecular formula is C12H8Cl2N2. The first-order valence-corrected chi connectivity index (χ1v) is 5.42. The first kappa shape index (κ1) is 11.1. The molecule has 1 aromatic carbocycles. The van der Waals surface area contributed by atoms with Gasteiger partial charge in [-0.15, -0.1) is 0 Å². The Balaban J connectivity index is 2.63. The molecule has 2 aromatic rings. The highest BCUT2D eigenvalue weighted by Gasteiger charge is 2.09. The molecule has 0 amide bonds. The van der Waals surface area contributed by atoms with Crippen LogP contribution in [-0.4, -0.2) is 4.98 Å². The molecule has 0 fully saturated rings. The van der Waals surface area contributed by atoms with E-state index in [4.69, 9.17) is 28.5 Å². The molecule has 1 N–H and O–H groups in total. The van der Waals surface area contributed by atoms with E-state index in [0.29, 0.717) is 15.6 Å². The first-order chi connectivity index (χ1) is 7.60. The highest BCUT2D eigenvalue weighted by molar-refractivity contribution is 6.35. The SMILES string of the molecule is Cc1cc(C#N)c(-c2cc(Cl)cc(Cl)c2)[nH]1. The van der Waals surface area contributed by atoms with E-state index in [0.717, 1.165) is 17.0 Å². The van der Waals surface area contributed by atoms with Gasteiger partial charge in [-0.25, -0.2) is 0 Å². The van der Waals surface area contributed by atoms with E-state index in [1.165, 1.54) is 0 Å². The summed E-state index contributed by atoms with van der Waals surface area (Å²) >= 11 is 11.8. The van der Waals surface area contributed by atoms with Crippen molar-refractivity contribution in [1.82, 2.24) is 4.98 Å². The van der Waals surface area contributed by atoms with Crippen molar-refractivity contribution in [3.8, 4) is 17.3 Å². The second kappa shape index (κ2) is 4.21. The zero-order valence-corrected chi connectivity index (χ0v) is 10.0. The van der Waals surface area contributed by atoms with Gasteiger partial charge in [0.2, 0.25) is 0 Å². The van der Waals surface area contributed by atoms with Gasteiger partial charge in [-0.05, 0) is 31.2 Å². The maximum atomic E-state index is 9.00. The van der Waals surface area contributed by atoms with Crippen molar-refractivity contribution in [1.29, 1.82) is 5.26 Å². The van der Waals surface area contributed by atoms with E-state index in [-0.39, 0.29) is 0 Å². The van der Waals surface area contributed by atoms with Gasteiger partial charge in [0.05, 0.1) is 11.3 Å². The fourth-order valence-corrected chi connectivity index (χ4v) is 2.13. The third-order valence-electron chi connectivity index (χ3n) is 2.22. The van der Waals surface area contributed by atoms with Crippen LogP contribution < -0.4 is 0 Å². The van der Waals surface area contributed by atoms with E-state index in [9.17, 15) is 0 Å². The molecule has 0 spiro atoms. The third kappa shape index (κ3) is 2.06. The summed E-state index contributed by atoms with van der Waals surface area (Å²) < 4.78 is 0. The number of rotatable bonds is 1. The summed E-state index contributed by atoms with van der Waals surface area (Å²) in [5.41, 5.74) is 3.10. The molecule has 0 aliphatic rings. The summed E-state index contributed by atoms with van der Waals surface area (Å²) in [6.45, 7) is 1.90. The van der Waals surface area contributed by atoms with Crippen LogP contribution in [0.25, 0.3) is 11.3 Å². The van der Waals surface area contributed by atoms with E-state index >= 15 is 0 Å². The van der Waals surface area contributed by atoms with Crippen molar-refractivity contribution in [3.05, 3.63) is 45.6 Å². The minimum atomic E-state index is 0.554. The average molecular weight is 251 g/mol. The standard InChI is InChI=1S/C12H8Cl2N2/c1-7-2-9(6-15)12(16-7)8-3-10(13)5-11(14)4-8/h2-5,16H,1H3. The molecule has 0 aliphatic heterocycles. The highest BCUT2D eigenvalue weighted by Crippen LogP contribution is 2.29. The summed E-state index contributed by atoms with van der Waals surface area (Å²) in [5.74, 6) is 0. The van der Waals surface area contributed by atoms with Crippen molar-refractivity contribution >= 4 is 23.2 Å². The topological polar surface area (TPSA) is 39.6 Å². The first-order valence-electron chi connectivity index (χ1n) is 4.66. The lowest BCUT2D eigenvalue weighted by Gasteiger charge is -2.01. The molecule has 0 saturated heterocycles. The Hall–Kier alpha value is -1.43. The van der Waals surface area contributed by atoms with Crippen LogP contribution in [0.2, 0.25) is 10.0 Å². The Bertz CT molecular complexity index is 559. The monoisotopic (exact) mass is 250 g/mol. The summed E-state index contributed by atoms with van der Waals surface area (Å²) in [6.07, 6.45) is 0. The van der Waals surface area contributed by atoms with Crippen molar-refractivity contribution in [2.45, 2.75) is 6.92 Å². The zero-order chi connectivity index (χ0) is 11.7. The lowest BCUT2D eigenvalue weighted by atomic mass is 10.1. The number of halogens is 2. The highest BCUT2D eigenvalue weighted by atomic mass is 35.5. The largest absolute Gasteiger partial charge is 0.358 e. The van der Waals surface area contributed by atoms with Crippen molar-refractivity contribution in [3.63, 3.8) is 0 Å². The summed E-state index contributed by atoms with van der Waals surface area (Å²) in [4.78, 5) is 3.13. The number of nitrogens with one attached hydrogen (secondary N) is 1. The van der Waals surface area contributed by atoms with Gasteiger partial charge >= 0.3 is 0 Å². The maximum absolute atomic E-state index is 9.00. The molecule has 0 radical (unpaired) electrons. The molecule has 0 aliphatic carbocycles. The van der Waals surface area contributed by atoms with E-state index in [1.54, 1.807) is 24.3 Å². The zero-order valence-electron chi connectivity index (χ0n) is 8.51. The molecule has 1 aromatic heterocycles. The van der Waals surface area contributed by atoms with Crippen LogP contribution in [-0.2, 0) is 0 Å². The Labute approximate surface area is 103 Å². The molecule has 4 heteroatoms. The lowest BCUT2D eigenvalue weighted by Crippen LogP contribution is -1.82. The van der Waals surface area contributed by atoms with Crippen molar-refractivity contribution in [2.24, 2.45) is 0 Å². The minimum absolute atomic E-state index is 0.554. The van der Waals surface area contributed by atoms with Gasteiger partial charge in [0, 0.05) is 21.3 Å². The van der Waals surface area contributed by atoms with Crippen molar-refractivity contribution in [2.75, 3.05) is 0 Å². The van der Waals surface area contributed by atoms with Crippen LogP contribution in [0, 0.1) is 18.3 Å². The molecule has 2 nitrogen and oxygen atoms in total. The number of aromatic nitrogens is 1. The minimum Gasteiger partial charge on any atom is -0.358 e. The molecular weight excluding hydrogens is 243 g/mol. The number of aromatic amines is 1. The van der Waals surface area contributed by atoms with Crippen LogP contribution >= 0.6 is 23.2 Å². The summed E-state index contributed by atoms with van der Waals surface area (Å²) in [5, 5.41) is 10.1. The fourth-order valence-electron chi connectivity index (χ4n) is 1.60. The van der Waals surface area contributed by atoms with Gasteiger partial charge < -0.3 is 4.98 Å². The molecule has 0 unspecified atom stereocenters. The molecule has 80 valence electrons.